The van der Waals surface area contributed by atoms with Gasteiger partial charge in [-0.1, -0.05) is 31.6 Å². The summed E-state index contributed by atoms with van der Waals surface area (Å²) >= 11 is 0. The largest absolute Gasteiger partial charge is 0.316 e. The molecule has 1 saturated heterocycles. The second-order valence-electron chi connectivity index (χ2n) is 5.78. The number of rotatable bonds is 5. The van der Waals surface area contributed by atoms with E-state index in [4.69, 9.17) is 0 Å². The topological polar surface area (TPSA) is 20.3 Å². The first-order valence-corrected chi connectivity index (χ1v) is 7.26. The Labute approximate surface area is 117 Å². The number of carbonyl (C=O) groups is 1. The molecule has 1 amide bonds. The van der Waals surface area contributed by atoms with E-state index < -0.39 is 0 Å². The van der Waals surface area contributed by atoms with Gasteiger partial charge in [0, 0.05) is 18.7 Å². The molecule has 0 unspecified atom stereocenters. The van der Waals surface area contributed by atoms with Crippen molar-refractivity contribution >= 4 is 5.91 Å². The van der Waals surface area contributed by atoms with Crippen molar-refractivity contribution in [3.8, 4) is 0 Å². The lowest BCUT2D eigenvalue weighted by molar-refractivity contribution is -0.126. The average molecular weight is 261 g/mol. The smallest absolute Gasteiger partial charge is 0.226 e. The first kappa shape index (κ1) is 15.7. The highest BCUT2D eigenvalue weighted by atomic mass is 16.2. The Hall–Kier alpha value is -1.31. The van der Waals surface area contributed by atoms with Crippen LogP contribution in [0.3, 0.4) is 0 Å². The Morgan fingerprint density at radius 1 is 1.32 bits per heavy atom. The van der Waals surface area contributed by atoms with Gasteiger partial charge in [-0.3, -0.25) is 4.79 Å². The molecule has 1 fully saturated rings. The molecule has 0 aliphatic carbocycles. The Kier molecular flexibility index (Phi) is 6.07. The highest BCUT2D eigenvalue weighted by Crippen LogP contribution is 2.19. The third kappa shape index (κ3) is 5.06. The molecule has 106 valence electrons. The minimum absolute atomic E-state index is 0.259. The lowest BCUT2D eigenvalue weighted by atomic mass is 10.0. The van der Waals surface area contributed by atoms with Crippen molar-refractivity contribution in [2.75, 3.05) is 6.54 Å². The van der Waals surface area contributed by atoms with Crippen molar-refractivity contribution in [1.82, 2.24) is 4.90 Å². The highest BCUT2D eigenvalue weighted by Gasteiger charge is 2.20. The third-order valence-electron chi connectivity index (χ3n) is 3.36. The SMILES string of the molecule is C\C=C(/C=C(C)\C=C(/C)N1CCCC1=O)CC(C)C. The monoisotopic (exact) mass is 261 g/mol. The summed E-state index contributed by atoms with van der Waals surface area (Å²) in [7, 11) is 0. The summed E-state index contributed by atoms with van der Waals surface area (Å²) in [6.45, 7) is 11.6. The molecule has 0 atom stereocenters. The summed E-state index contributed by atoms with van der Waals surface area (Å²) in [5, 5.41) is 0. The lowest BCUT2D eigenvalue weighted by Gasteiger charge is -2.16. The van der Waals surface area contributed by atoms with E-state index in [9.17, 15) is 4.79 Å². The number of likely N-dealkylation sites (tertiary alicyclic amines) is 1. The second-order valence-corrected chi connectivity index (χ2v) is 5.78. The van der Waals surface area contributed by atoms with Crippen molar-refractivity contribution in [2.45, 2.75) is 53.9 Å². The number of hydrogen-bond acceptors (Lipinski definition) is 1. The molecule has 0 N–H and O–H groups in total. The zero-order valence-corrected chi connectivity index (χ0v) is 13.0. The molecule has 0 aromatic heterocycles. The summed E-state index contributed by atoms with van der Waals surface area (Å²) in [5.41, 5.74) is 3.64. The van der Waals surface area contributed by atoms with Crippen molar-refractivity contribution in [3.05, 3.63) is 35.1 Å². The molecule has 1 rings (SSSR count). The maximum atomic E-state index is 11.7. The third-order valence-corrected chi connectivity index (χ3v) is 3.36. The van der Waals surface area contributed by atoms with Gasteiger partial charge in [-0.2, -0.15) is 0 Å². The average Bonchev–Trinajstić information content (AvgIpc) is 2.73. The van der Waals surface area contributed by atoms with E-state index in [1.807, 2.05) is 11.8 Å². The van der Waals surface area contributed by atoms with E-state index in [-0.39, 0.29) is 5.91 Å². The van der Waals surface area contributed by atoms with Crippen molar-refractivity contribution in [2.24, 2.45) is 5.92 Å². The molecule has 0 aromatic rings. The van der Waals surface area contributed by atoms with Gasteiger partial charge in [0.2, 0.25) is 5.91 Å². The van der Waals surface area contributed by atoms with Crippen LogP contribution in [-0.4, -0.2) is 17.4 Å². The first-order valence-electron chi connectivity index (χ1n) is 7.26. The van der Waals surface area contributed by atoms with Crippen LogP contribution >= 0.6 is 0 Å². The molecule has 0 aromatic carbocycles. The molecular formula is C17H27NO. The standard InChI is InChI=1S/C17H27NO/c1-6-16(10-13(2)3)12-14(4)11-15(5)18-9-7-8-17(18)19/h6,11-13H,7-10H2,1-5H3/b14-12-,15-11+,16-6-. The second kappa shape index (κ2) is 7.32. The van der Waals surface area contributed by atoms with Crippen LogP contribution in [0.25, 0.3) is 0 Å². The van der Waals surface area contributed by atoms with Gasteiger partial charge in [-0.15, -0.1) is 0 Å². The van der Waals surface area contributed by atoms with Crippen molar-refractivity contribution in [1.29, 1.82) is 0 Å². The molecule has 19 heavy (non-hydrogen) atoms. The van der Waals surface area contributed by atoms with Crippen molar-refractivity contribution in [3.63, 3.8) is 0 Å². The van der Waals surface area contributed by atoms with Crippen LogP contribution in [0.4, 0.5) is 0 Å². The quantitative estimate of drug-likeness (QED) is 0.669. The molecule has 2 heteroatoms. The number of allylic oxidation sites excluding steroid dienone is 6. The molecule has 0 bridgehead atoms. The zero-order chi connectivity index (χ0) is 14.4. The van der Waals surface area contributed by atoms with Crippen LogP contribution in [0.5, 0.6) is 0 Å². The van der Waals surface area contributed by atoms with Gasteiger partial charge in [0.25, 0.3) is 0 Å². The molecule has 1 heterocycles. The van der Waals surface area contributed by atoms with Gasteiger partial charge in [-0.25, -0.2) is 0 Å². The normalized spacial score (nSPS) is 18.7. The van der Waals surface area contributed by atoms with E-state index in [2.05, 4.69) is 45.9 Å². The van der Waals surface area contributed by atoms with E-state index in [1.165, 1.54) is 11.1 Å². The Morgan fingerprint density at radius 2 is 2.00 bits per heavy atom. The zero-order valence-electron chi connectivity index (χ0n) is 13.0. The number of nitrogens with zero attached hydrogens (tertiary/aromatic N) is 1. The lowest BCUT2D eigenvalue weighted by Crippen LogP contribution is -2.22. The van der Waals surface area contributed by atoms with E-state index in [0.29, 0.717) is 12.3 Å². The summed E-state index contributed by atoms with van der Waals surface area (Å²) in [4.78, 5) is 13.6. The summed E-state index contributed by atoms with van der Waals surface area (Å²) < 4.78 is 0. The minimum Gasteiger partial charge on any atom is -0.316 e. The number of carbonyl (C=O) groups excluding carboxylic acids is 1. The van der Waals surface area contributed by atoms with E-state index >= 15 is 0 Å². The van der Waals surface area contributed by atoms with Crippen LogP contribution < -0.4 is 0 Å². The molecule has 2 nitrogen and oxygen atoms in total. The van der Waals surface area contributed by atoms with Gasteiger partial charge >= 0.3 is 0 Å². The summed E-state index contributed by atoms with van der Waals surface area (Å²) in [6.07, 6.45) is 9.30. The molecule has 0 spiro atoms. The predicted octanol–water partition coefficient (Wildman–Crippen LogP) is 4.45. The number of amides is 1. The van der Waals surface area contributed by atoms with Crippen LogP contribution in [-0.2, 0) is 4.79 Å². The molecular weight excluding hydrogens is 234 g/mol. The molecule has 0 saturated carbocycles. The van der Waals surface area contributed by atoms with Crippen LogP contribution in [0.15, 0.2) is 35.1 Å². The Bertz CT molecular complexity index is 413. The molecule has 1 aliphatic heterocycles. The maximum absolute atomic E-state index is 11.7. The molecule has 0 radical (unpaired) electrons. The van der Waals surface area contributed by atoms with E-state index in [1.54, 1.807) is 0 Å². The fourth-order valence-corrected chi connectivity index (χ4v) is 2.49. The van der Waals surface area contributed by atoms with Gasteiger partial charge in [0.1, 0.15) is 0 Å². The van der Waals surface area contributed by atoms with Crippen LogP contribution in [0.1, 0.15) is 53.9 Å². The van der Waals surface area contributed by atoms with Crippen LogP contribution in [0, 0.1) is 5.92 Å². The van der Waals surface area contributed by atoms with Gasteiger partial charge < -0.3 is 4.90 Å². The van der Waals surface area contributed by atoms with Gasteiger partial charge in [0.15, 0.2) is 0 Å². The molecule has 1 aliphatic rings. The van der Waals surface area contributed by atoms with Gasteiger partial charge in [-0.05, 0) is 51.2 Å². The Morgan fingerprint density at radius 3 is 2.47 bits per heavy atom. The first-order chi connectivity index (χ1) is 8.93. The fourth-order valence-electron chi connectivity index (χ4n) is 2.49. The summed E-state index contributed by atoms with van der Waals surface area (Å²) in [5.74, 6) is 0.926. The number of hydrogen-bond donors (Lipinski definition) is 0. The summed E-state index contributed by atoms with van der Waals surface area (Å²) in [6, 6.07) is 0. The maximum Gasteiger partial charge on any atom is 0.226 e. The minimum atomic E-state index is 0.259. The van der Waals surface area contributed by atoms with Crippen LogP contribution in [0.2, 0.25) is 0 Å². The predicted molar refractivity (Wildman–Crippen MR) is 81.7 cm³/mol. The van der Waals surface area contributed by atoms with Crippen molar-refractivity contribution < 1.29 is 4.79 Å². The van der Waals surface area contributed by atoms with E-state index in [0.717, 1.165) is 25.1 Å². The van der Waals surface area contributed by atoms with Gasteiger partial charge in [0.05, 0.1) is 0 Å². The highest BCUT2D eigenvalue weighted by molar-refractivity contribution is 5.79. The Balaban J connectivity index is 2.76. The fraction of sp³-hybridized carbons (Fsp3) is 0.588.